The fourth-order valence-electron chi connectivity index (χ4n) is 2.64. The summed E-state index contributed by atoms with van der Waals surface area (Å²) in [5, 5.41) is 3.57. The molecule has 0 spiro atoms. The summed E-state index contributed by atoms with van der Waals surface area (Å²) in [4.78, 5) is 3.30. The van der Waals surface area contributed by atoms with Crippen molar-refractivity contribution in [2.75, 3.05) is 11.9 Å². The number of hydrogen-bond acceptors (Lipinski definition) is 3. The molecule has 4 rings (SSSR count). The molecule has 1 aliphatic heterocycles. The van der Waals surface area contributed by atoms with Crippen LogP contribution in [0.4, 0.5) is 5.69 Å². The molecule has 0 fully saturated rings. The van der Waals surface area contributed by atoms with Crippen LogP contribution in [0.15, 0.2) is 46.3 Å². The Morgan fingerprint density at radius 1 is 1.13 bits per heavy atom. The minimum atomic E-state index is 0.589. The Labute approximate surface area is 152 Å². The van der Waals surface area contributed by atoms with Crippen molar-refractivity contribution in [3.05, 3.63) is 56.5 Å². The smallest absolute Gasteiger partial charge is 0.265 e. The van der Waals surface area contributed by atoms with Crippen molar-refractivity contribution in [3.63, 3.8) is 0 Å². The van der Waals surface area contributed by atoms with Gasteiger partial charge in [0.1, 0.15) is 11.7 Å². The fourth-order valence-corrected chi connectivity index (χ4v) is 5.30. The molecule has 0 unspecified atom stereocenters. The maximum atomic E-state index is 6.15. The SMILES string of the molecule is CN1C(=Cc2sc3ccccc3[n+]2C)Sc2cc(Cl)c(Cl)cc21. The van der Waals surface area contributed by atoms with Crippen LogP contribution in [-0.2, 0) is 7.05 Å². The summed E-state index contributed by atoms with van der Waals surface area (Å²) in [6.45, 7) is 0. The molecule has 6 heteroatoms. The first-order valence-corrected chi connectivity index (χ1v) is 9.43. The lowest BCUT2D eigenvalue weighted by molar-refractivity contribution is -0.642. The first kappa shape index (κ1) is 15.3. The van der Waals surface area contributed by atoms with Crippen molar-refractivity contribution in [2.45, 2.75) is 4.90 Å². The van der Waals surface area contributed by atoms with E-state index >= 15 is 0 Å². The second kappa shape index (κ2) is 5.71. The van der Waals surface area contributed by atoms with Crippen LogP contribution in [0.25, 0.3) is 16.3 Å². The Morgan fingerprint density at radius 3 is 2.65 bits per heavy atom. The quantitative estimate of drug-likeness (QED) is 0.510. The summed E-state index contributed by atoms with van der Waals surface area (Å²) >= 11 is 15.8. The van der Waals surface area contributed by atoms with E-state index in [0.29, 0.717) is 10.0 Å². The normalized spacial score (nSPS) is 15.7. The Balaban J connectivity index is 1.79. The number of aromatic nitrogens is 1. The third-order valence-electron chi connectivity index (χ3n) is 3.93. The molecule has 0 saturated carbocycles. The lowest BCUT2D eigenvalue weighted by Crippen LogP contribution is -2.29. The number of rotatable bonds is 1. The molecule has 0 bridgehead atoms. The third-order valence-corrected chi connectivity index (χ3v) is 6.96. The van der Waals surface area contributed by atoms with Gasteiger partial charge in [0.2, 0.25) is 5.52 Å². The maximum Gasteiger partial charge on any atom is 0.265 e. The molecular formula is C17H13Cl2N2S2+. The molecule has 3 aromatic rings. The number of para-hydroxylation sites is 1. The Hall–Kier alpha value is -1.20. The standard InChI is InChI=1S/C17H13Cl2N2S2/c1-20-12-5-3-4-6-14(12)22-16(20)9-17-21(2)13-7-10(18)11(19)8-15(13)23-17/h3-9H,1-2H3/q+1. The molecule has 2 nitrogen and oxygen atoms in total. The third kappa shape index (κ3) is 2.54. The van der Waals surface area contributed by atoms with Crippen LogP contribution >= 0.6 is 46.3 Å². The van der Waals surface area contributed by atoms with Gasteiger partial charge in [0, 0.05) is 18.0 Å². The highest BCUT2D eigenvalue weighted by Gasteiger charge is 2.25. The molecule has 0 saturated heterocycles. The molecule has 0 amide bonds. The van der Waals surface area contributed by atoms with Crippen molar-refractivity contribution >= 4 is 68.3 Å². The van der Waals surface area contributed by atoms with Crippen LogP contribution < -0.4 is 9.47 Å². The van der Waals surface area contributed by atoms with E-state index in [0.717, 1.165) is 10.6 Å². The van der Waals surface area contributed by atoms with Gasteiger partial charge in [-0.2, -0.15) is 4.57 Å². The second-order valence-corrected chi connectivity index (χ2v) is 8.28. The van der Waals surface area contributed by atoms with Crippen LogP contribution in [0.1, 0.15) is 5.01 Å². The molecule has 1 aliphatic rings. The number of benzene rings is 2. The molecule has 2 aromatic carbocycles. The zero-order valence-electron chi connectivity index (χ0n) is 12.5. The average Bonchev–Trinajstić information content (AvgIpc) is 3.00. The lowest BCUT2D eigenvalue weighted by Gasteiger charge is -2.13. The van der Waals surface area contributed by atoms with Crippen LogP contribution in [0, 0.1) is 0 Å². The number of hydrogen-bond donors (Lipinski definition) is 0. The summed E-state index contributed by atoms with van der Waals surface area (Å²) in [6, 6.07) is 12.3. The summed E-state index contributed by atoms with van der Waals surface area (Å²) in [7, 11) is 4.16. The Kier molecular flexibility index (Phi) is 3.81. The van der Waals surface area contributed by atoms with E-state index in [1.807, 2.05) is 12.1 Å². The number of nitrogens with zero attached hydrogens (tertiary/aromatic N) is 2. The van der Waals surface area contributed by atoms with E-state index < -0.39 is 0 Å². The van der Waals surface area contributed by atoms with Gasteiger partial charge in [-0.25, -0.2) is 0 Å². The summed E-state index contributed by atoms with van der Waals surface area (Å²) in [5.74, 6) is 0. The van der Waals surface area contributed by atoms with Crippen molar-refractivity contribution in [3.8, 4) is 0 Å². The van der Waals surface area contributed by atoms with Gasteiger partial charge in [-0.3, -0.25) is 0 Å². The largest absolute Gasteiger partial charge is 0.338 e. The van der Waals surface area contributed by atoms with Gasteiger partial charge in [-0.05, 0) is 18.2 Å². The highest BCUT2D eigenvalue weighted by molar-refractivity contribution is 8.03. The molecule has 0 radical (unpaired) electrons. The minimum Gasteiger partial charge on any atom is -0.338 e. The van der Waals surface area contributed by atoms with Gasteiger partial charge in [-0.15, -0.1) is 0 Å². The second-order valence-electron chi connectivity index (χ2n) is 5.34. The topological polar surface area (TPSA) is 7.12 Å². The van der Waals surface area contributed by atoms with E-state index in [-0.39, 0.29) is 0 Å². The van der Waals surface area contributed by atoms with Crippen LogP contribution in [0.5, 0.6) is 0 Å². The number of thiazole rings is 1. The number of halogens is 2. The molecule has 23 heavy (non-hydrogen) atoms. The van der Waals surface area contributed by atoms with Gasteiger partial charge >= 0.3 is 0 Å². The van der Waals surface area contributed by atoms with Gasteiger partial charge in [0.15, 0.2) is 0 Å². The summed E-state index contributed by atoms with van der Waals surface area (Å²) < 4.78 is 3.51. The molecule has 0 atom stereocenters. The molecule has 116 valence electrons. The van der Waals surface area contributed by atoms with E-state index in [1.54, 1.807) is 23.1 Å². The number of fused-ring (bicyclic) bond motifs is 2. The van der Waals surface area contributed by atoms with E-state index in [4.69, 9.17) is 23.2 Å². The lowest BCUT2D eigenvalue weighted by atomic mass is 10.3. The van der Waals surface area contributed by atoms with Crippen molar-refractivity contribution in [2.24, 2.45) is 7.05 Å². The summed E-state index contributed by atoms with van der Waals surface area (Å²) in [6.07, 6.45) is 2.22. The first-order chi connectivity index (χ1) is 11.0. The van der Waals surface area contributed by atoms with Crippen LogP contribution in [0.2, 0.25) is 10.0 Å². The van der Waals surface area contributed by atoms with E-state index in [1.165, 1.54) is 20.3 Å². The van der Waals surface area contributed by atoms with E-state index in [9.17, 15) is 0 Å². The van der Waals surface area contributed by atoms with Gasteiger partial charge in [-0.1, -0.05) is 58.4 Å². The molecule has 1 aromatic heterocycles. The highest BCUT2D eigenvalue weighted by Crippen LogP contribution is 2.48. The highest BCUT2D eigenvalue weighted by atomic mass is 35.5. The zero-order chi connectivity index (χ0) is 16.1. The monoisotopic (exact) mass is 379 g/mol. The number of thioether (sulfide) groups is 1. The molecular weight excluding hydrogens is 367 g/mol. The maximum absolute atomic E-state index is 6.15. The van der Waals surface area contributed by atoms with Crippen LogP contribution in [0.3, 0.4) is 0 Å². The van der Waals surface area contributed by atoms with Crippen molar-refractivity contribution in [1.82, 2.24) is 0 Å². The zero-order valence-corrected chi connectivity index (χ0v) is 15.7. The minimum absolute atomic E-state index is 0.589. The predicted molar refractivity (Wildman–Crippen MR) is 102 cm³/mol. The number of aryl methyl sites for hydroxylation is 1. The Morgan fingerprint density at radius 2 is 1.87 bits per heavy atom. The van der Waals surface area contributed by atoms with Crippen molar-refractivity contribution in [1.29, 1.82) is 0 Å². The predicted octanol–water partition coefficient (Wildman–Crippen LogP) is 5.57. The summed E-state index contributed by atoms with van der Waals surface area (Å²) in [5.41, 5.74) is 2.35. The van der Waals surface area contributed by atoms with Crippen LogP contribution in [-0.4, -0.2) is 7.05 Å². The molecule has 0 N–H and O–H groups in total. The fraction of sp³-hybridized carbons (Fsp3) is 0.118. The van der Waals surface area contributed by atoms with Gasteiger partial charge in [0.25, 0.3) is 5.01 Å². The van der Waals surface area contributed by atoms with Gasteiger partial charge < -0.3 is 4.90 Å². The van der Waals surface area contributed by atoms with Gasteiger partial charge in [0.05, 0.1) is 26.8 Å². The Bertz CT molecular complexity index is 963. The van der Waals surface area contributed by atoms with Crippen molar-refractivity contribution < 1.29 is 4.57 Å². The molecule has 0 aliphatic carbocycles. The first-order valence-electron chi connectivity index (χ1n) is 7.04. The molecule has 2 heterocycles. The van der Waals surface area contributed by atoms with E-state index in [2.05, 4.69) is 53.9 Å². The average molecular weight is 380 g/mol. The number of anilines is 1.